The topological polar surface area (TPSA) is 69.6 Å². The van der Waals surface area contributed by atoms with E-state index < -0.39 is 5.97 Å². The summed E-state index contributed by atoms with van der Waals surface area (Å²) in [5, 5.41) is 11.9. The number of nitrogens with one attached hydrogen (secondary N) is 1. The third-order valence-electron chi connectivity index (χ3n) is 3.81. The van der Waals surface area contributed by atoms with Crippen LogP contribution >= 0.6 is 11.8 Å². The number of hydrogen-bond donors (Lipinski definition) is 2. The van der Waals surface area contributed by atoms with Crippen LogP contribution in [-0.4, -0.2) is 40.8 Å². The van der Waals surface area contributed by atoms with Crippen molar-refractivity contribution in [1.82, 2.24) is 4.90 Å². The number of nitrogens with zero attached hydrogens (tertiary/aromatic N) is 1. The first-order valence-electron chi connectivity index (χ1n) is 6.95. The lowest BCUT2D eigenvalue weighted by molar-refractivity contribution is -0.143. The van der Waals surface area contributed by atoms with Gasteiger partial charge in [-0.25, -0.2) is 4.79 Å². The largest absolute Gasteiger partial charge is 0.481 e. The molecule has 2 amide bonds. The van der Waals surface area contributed by atoms with Crippen molar-refractivity contribution in [2.24, 2.45) is 5.92 Å². The molecule has 2 unspecified atom stereocenters. The van der Waals surface area contributed by atoms with E-state index in [0.717, 1.165) is 10.6 Å². The summed E-state index contributed by atoms with van der Waals surface area (Å²) < 4.78 is 0. The van der Waals surface area contributed by atoms with Crippen molar-refractivity contribution < 1.29 is 14.7 Å². The summed E-state index contributed by atoms with van der Waals surface area (Å²) in [6.45, 7) is 2.37. The standard InChI is InChI=1S/C15H20N2O3S/c1-10-8-11(14(18)19)6-7-17(10)15(20)16-12-4-3-5-13(9-12)21-2/h3-5,9-11H,6-8H2,1-2H3,(H,16,20)(H,18,19). The van der Waals surface area contributed by atoms with E-state index >= 15 is 0 Å². The van der Waals surface area contributed by atoms with E-state index in [4.69, 9.17) is 5.11 Å². The summed E-state index contributed by atoms with van der Waals surface area (Å²) in [5.74, 6) is -1.11. The SMILES string of the molecule is CSc1cccc(NC(=O)N2CCC(C(=O)O)CC2C)c1. The molecular weight excluding hydrogens is 288 g/mol. The number of carbonyl (C=O) groups is 2. The minimum Gasteiger partial charge on any atom is -0.481 e. The molecule has 6 heteroatoms. The molecular formula is C15H20N2O3S. The van der Waals surface area contributed by atoms with Crippen LogP contribution in [0.4, 0.5) is 10.5 Å². The zero-order chi connectivity index (χ0) is 15.4. The van der Waals surface area contributed by atoms with Crippen LogP contribution in [0.25, 0.3) is 0 Å². The predicted octanol–water partition coefficient (Wildman–Crippen LogP) is 3.13. The second-order valence-corrected chi connectivity index (χ2v) is 6.14. The number of likely N-dealkylation sites (tertiary alicyclic amines) is 1. The minimum absolute atomic E-state index is 0.0661. The van der Waals surface area contributed by atoms with Crippen LogP contribution in [0, 0.1) is 5.92 Å². The third kappa shape index (κ3) is 3.91. The highest BCUT2D eigenvalue weighted by molar-refractivity contribution is 7.98. The van der Waals surface area contributed by atoms with Gasteiger partial charge in [-0.1, -0.05) is 6.07 Å². The Kier molecular flexibility index (Phi) is 5.12. The van der Waals surface area contributed by atoms with E-state index in [2.05, 4.69) is 5.32 Å². The maximum absolute atomic E-state index is 12.3. The summed E-state index contributed by atoms with van der Waals surface area (Å²) in [4.78, 5) is 26.1. The second kappa shape index (κ2) is 6.85. The van der Waals surface area contributed by atoms with Crippen LogP contribution in [0.1, 0.15) is 19.8 Å². The highest BCUT2D eigenvalue weighted by Crippen LogP contribution is 2.24. The van der Waals surface area contributed by atoms with Gasteiger partial charge in [0.05, 0.1) is 5.92 Å². The van der Waals surface area contributed by atoms with Crippen LogP contribution in [0.2, 0.25) is 0 Å². The molecule has 0 radical (unpaired) electrons. The number of carboxylic acid groups (broad SMARTS) is 1. The summed E-state index contributed by atoms with van der Waals surface area (Å²) >= 11 is 1.62. The van der Waals surface area contributed by atoms with E-state index in [1.54, 1.807) is 16.7 Å². The summed E-state index contributed by atoms with van der Waals surface area (Å²) in [6.07, 6.45) is 3.01. The molecule has 1 aromatic rings. The Morgan fingerprint density at radius 1 is 1.43 bits per heavy atom. The molecule has 1 saturated heterocycles. The molecule has 0 bridgehead atoms. The maximum Gasteiger partial charge on any atom is 0.322 e. The van der Waals surface area contributed by atoms with Crippen LogP contribution in [-0.2, 0) is 4.79 Å². The first-order valence-corrected chi connectivity index (χ1v) is 8.18. The van der Waals surface area contributed by atoms with Crippen molar-refractivity contribution in [3.05, 3.63) is 24.3 Å². The summed E-state index contributed by atoms with van der Waals surface area (Å²) in [5.41, 5.74) is 0.763. The van der Waals surface area contributed by atoms with Gasteiger partial charge < -0.3 is 15.3 Å². The number of rotatable bonds is 3. The van der Waals surface area contributed by atoms with Crippen molar-refractivity contribution >= 4 is 29.4 Å². The van der Waals surface area contributed by atoms with E-state index in [9.17, 15) is 9.59 Å². The van der Waals surface area contributed by atoms with E-state index in [1.165, 1.54) is 0 Å². The number of carbonyl (C=O) groups excluding carboxylic acids is 1. The lowest BCUT2D eigenvalue weighted by Gasteiger charge is -2.36. The lowest BCUT2D eigenvalue weighted by Crippen LogP contribution is -2.47. The van der Waals surface area contributed by atoms with Crippen molar-refractivity contribution in [2.45, 2.75) is 30.7 Å². The fourth-order valence-electron chi connectivity index (χ4n) is 2.59. The van der Waals surface area contributed by atoms with Gasteiger partial charge in [-0.15, -0.1) is 11.8 Å². The van der Waals surface area contributed by atoms with E-state index in [1.807, 2.05) is 37.4 Å². The van der Waals surface area contributed by atoms with E-state index in [0.29, 0.717) is 19.4 Å². The Morgan fingerprint density at radius 3 is 2.81 bits per heavy atom. The quantitative estimate of drug-likeness (QED) is 0.842. The number of amides is 2. The molecule has 114 valence electrons. The Labute approximate surface area is 128 Å². The first-order chi connectivity index (χ1) is 10.0. The Bertz CT molecular complexity index is 535. The molecule has 1 heterocycles. The molecule has 2 atom stereocenters. The lowest BCUT2D eigenvalue weighted by atomic mass is 9.92. The third-order valence-corrected chi connectivity index (χ3v) is 4.53. The van der Waals surface area contributed by atoms with Gasteiger partial charge in [-0.05, 0) is 44.2 Å². The molecule has 0 saturated carbocycles. The first kappa shape index (κ1) is 15.7. The number of urea groups is 1. The number of hydrogen-bond acceptors (Lipinski definition) is 3. The smallest absolute Gasteiger partial charge is 0.322 e. The van der Waals surface area contributed by atoms with Crippen LogP contribution < -0.4 is 5.32 Å². The van der Waals surface area contributed by atoms with Gasteiger partial charge in [-0.3, -0.25) is 4.79 Å². The molecule has 0 aromatic heterocycles. The van der Waals surface area contributed by atoms with Gasteiger partial charge in [-0.2, -0.15) is 0 Å². The van der Waals surface area contributed by atoms with Crippen LogP contribution in [0.15, 0.2) is 29.2 Å². The summed E-state index contributed by atoms with van der Waals surface area (Å²) in [7, 11) is 0. The molecule has 1 fully saturated rings. The molecule has 0 aliphatic carbocycles. The fourth-order valence-corrected chi connectivity index (χ4v) is 3.05. The number of thioether (sulfide) groups is 1. The normalized spacial score (nSPS) is 21.9. The molecule has 2 rings (SSSR count). The molecule has 1 aliphatic heterocycles. The van der Waals surface area contributed by atoms with Crippen molar-refractivity contribution in [3.8, 4) is 0 Å². The maximum atomic E-state index is 12.3. The van der Waals surface area contributed by atoms with Crippen molar-refractivity contribution in [3.63, 3.8) is 0 Å². The number of carboxylic acids is 1. The van der Waals surface area contributed by atoms with Crippen LogP contribution in [0.5, 0.6) is 0 Å². The highest BCUT2D eigenvalue weighted by atomic mass is 32.2. The van der Waals surface area contributed by atoms with Gasteiger partial charge in [0.1, 0.15) is 0 Å². The number of piperidine rings is 1. The van der Waals surface area contributed by atoms with Crippen molar-refractivity contribution in [2.75, 3.05) is 18.1 Å². The predicted molar refractivity (Wildman–Crippen MR) is 83.8 cm³/mol. The fraction of sp³-hybridized carbons (Fsp3) is 0.467. The van der Waals surface area contributed by atoms with Crippen molar-refractivity contribution in [1.29, 1.82) is 0 Å². The van der Waals surface area contributed by atoms with E-state index in [-0.39, 0.29) is 18.0 Å². The summed E-state index contributed by atoms with van der Waals surface area (Å²) in [6, 6.07) is 7.44. The zero-order valence-electron chi connectivity index (χ0n) is 12.2. The Hall–Kier alpha value is -1.69. The molecule has 21 heavy (non-hydrogen) atoms. The van der Waals surface area contributed by atoms with Gasteiger partial charge in [0.2, 0.25) is 0 Å². The number of benzene rings is 1. The second-order valence-electron chi connectivity index (χ2n) is 5.26. The average Bonchev–Trinajstić information content (AvgIpc) is 2.47. The molecule has 5 nitrogen and oxygen atoms in total. The number of anilines is 1. The Morgan fingerprint density at radius 2 is 2.19 bits per heavy atom. The minimum atomic E-state index is -0.769. The molecule has 0 spiro atoms. The monoisotopic (exact) mass is 308 g/mol. The van der Waals surface area contributed by atoms with Gasteiger partial charge in [0.15, 0.2) is 0 Å². The van der Waals surface area contributed by atoms with Gasteiger partial charge in [0.25, 0.3) is 0 Å². The van der Waals surface area contributed by atoms with Gasteiger partial charge in [0, 0.05) is 23.2 Å². The van der Waals surface area contributed by atoms with Crippen LogP contribution in [0.3, 0.4) is 0 Å². The Balaban J connectivity index is 1.99. The average molecular weight is 308 g/mol. The molecule has 2 N–H and O–H groups in total. The zero-order valence-corrected chi connectivity index (χ0v) is 13.0. The van der Waals surface area contributed by atoms with Gasteiger partial charge >= 0.3 is 12.0 Å². The highest BCUT2D eigenvalue weighted by Gasteiger charge is 2.32. The number of aliphatic carboxylic acids is 1. The molecule has 1 aromatic carbocycles. The molecule has 1 aliphatic rings.